The Morgan fingerprint density at radius 2 is 1.26 bits per heavy atom. The molecule has 2 atom stereocenters. The van der Waals surface area contributed by atoms with Crippen LogP contribution in [0.5, 0.6) is 0 Å². The molecule has 1 N–H and O–H groups in total. The van der Waals surface area contributed by atoms with E-state index >= 15 is 0 Å². The van der Waals surface area contributed by atoms with Crippen LogP contribution >= 0.6 is 11.8 Å². The monoisotopic (exact) mass is 510 g/mol. The fraction of sp³-hybridized carbons (Fsp3) is 0.929. The van der Waals surface area contributed by atoms with Crippen molar-refractivity contribution in [2.75, 3.05) is 6.61 Å². The van der Waals surface area contributed by atoms with E-state index in [2.05, 4.69) is 4.74 Å². The number of esters is 1. The number of alkyl halides is 13. The molecule has 0 aliphatic carbocycles. The zero-order valence-electron chi connectivity index (χ0n) is 15.4. The van der Waals surface area contributed by atoms with E-state index in [0.717, 1.165) is 0 Å². The number of carbonyl (C=O) groups is 1. The van der Waals surface area contributed by atoms with Gasteiger partial charge in [-0.1, -0.05) is 13.3 Å². The molecule has 0 amide bonds. The van der Waals surface area contributed by atoms with Crippen molar-refractivity contribution in [3.63, 3.8) is 0 Å². The largest absolute Gasteiger partial charge is 0.463 e. The molecule has 0 saturated carbocycles. The predicted octanol–water partition coefficient (Wildman–Crippen LogP) is 5.51. The van der Waals surface area contributed by atoms with Crippen LogP contribution in [0, 0.1) is 0 Å². The third-order valence-electron chi connectivity index (χ3n) is 3.75. The van der Waals surface area contributed by atoms with E-state index in [9.17, 15) is 67.0 Å². The Hall–Kier alpha value is -1.13. The smallest absolute Gasteiger partial charge is 0.460 e. The number of carbonyl (C=O) groups excluding carboxylic acids is 1. The molecule has 0 saturated heterocycles. The molecule has 31 heavy (non-hydrogen) atoms. The fourth-order valence-electron chi connectivity index (χ4n) is 1.76. The number of aliphatic hydroxyl groups excluding tert-OH is 1. The molecule has 17 heteroatoms. The minimum atomic E-state index is -8.01. The van der Waals surface area contributed by atoms with Crippen LogP contribution in [0.25, 0.3) is 0 Å². The first-order valence-corrected chi connectivity index (χ1v) is 8.94. The van der Waals surface area contributed by atoms with Crippen LogP contribution < -0.4 is 0 Å². The number of ether oxygens (including phenoxy) is 1. The molecule has 0 bridgehead atoms. The van der Waals surface area contributed by atoms with E-state index in [1.807, 2.05) is 0 Å². The van der Waals surface area contributed by atoms with Crippen molar-refractivity contribution in [3.8, 4) is 0 Å². The summed E-state index contributed by atoms with van der Waals surface area (Å²) in [6, 6.07) is 0. The van der Waals surface area contributed by atoms with E-state index in [1.54, 1.807) is 6.92 Å². The lowest BCUT2D eigenvalue weighted by atomic mass is 9.93. The molecular weight excluding hydrogens is 495 g/mol. The molecule has 0 spiro atoms. The normalized spacial score (nSPS) is 16.8. The molecule has 0 rings (SSSR count). The highest BCUT2D eigenvalue weighted by molar-refractivity contribution is 8.01. The van der Waals surface area contributed by atoms with Crippen molar-refractivity contribution >= 4 is 17.7 Å². The van der Waals surface area contributed by atoms with Gasteiger partial charge in [-0.25, -0.2) is 4.79 Å². The number of hydrogen-bond acceptors (Lipinski definition) is 4. The van der Waals surface area contributed by atoms with E-state index in [-0.39, 0.29) is 20.0 Å². The summed E-state index contributed by atoms with van der Waals surface area (Å²) in [7, 11) is 0. The topological polar surface area (TPSA) is 46.5 Å². The highest BCUT2D eigenvalue weighted by atomic mass is 32.2. The van der Waals surface area contributed by atoms with E-state index in [4.69, 9.17) is 0 Å². The van der Waals surface area contributed by atoms with Gasteiger partial charge in [-0.2, -0.15) is 57.1 Å². The molecule has 0 aromatic heterocycles. The average Bonchev–Trinajstić information content (AvgIpc) is 2.59. The summed E-state index contributed by atoms with van der Waals surface area (Å²) >= 11 is -0.898. The van der Waals surface area contributed by atoms with Crippen LogP contribution in [-0.4, -0.2) is 64.2 Å². The zero-order valence-corrected chi connectivity index (χ0v) is 16.2. The van der Waals surface area contributed by atoms with Gasteiger partial charge in [0.15, 0.2) is 5.44 Å². The minimum Gasteiger partial charge on any atom is -0.463 e. The van der Waals surface area contributed by atoms with Crippen molar-refractivity contribution < 1.29 is 71.7 Å². The highest BCUT2D eigenvalue weighted by Gasteiger charge is 2.91. The standard InChI is InChI=1S/C14H15F13O3S/c1-3-4-5-30-7(28)8(29)31-6(2)9(15,16)10(17,18)11(19,20)12(21,22)13(23,24)14(25,26)27/h6,8,29H,3-5H2,1-2H3. The molecule has 3 nitrogen and oxygen atoms in total. The number of hydrogen-bond donors (Lipinski definition) is 1. The summed E-state index contributed by atoms with van der Waals surface area (Å²) in [6.07, 6.45) is -6.84. The summed E-state index contributed by atoms with van der Waals surface area (Å²) in [6.45, 7) is 1.16. The summed E-state index contributed by atoms with van der Waals surface area (Å²) in [5.41, 5.74) is -2.72. The van der Waals surface area contributed by atoms with Crippen molar-refractivity contribution in [1.82, 2.24) is 0 Å². The average molecular weight is 510 g/mol. The van der Waals surface area contributed by atoms with Crippen LogP contribution in [0.1, 0.15) is 26.7 Å². The van der Waals surface area contributed by atoms with Gasteiger partial charge in [0.25, 0.3) is 0 Å². The van der Waals surface area contributed by atoms with Crippen LogP contribution in [0.2, 0.25) is 0 Å². The van der Waals surface area contributed by atoms with Gasteiger partial charge in [0, 0.05) is 0 Å². The van der Waals surface area contributed by atoms with Gasteiger partial charge >= 0.3 is 41.8 Å². The van der Waals surface area contributed by atoms with Crippen molar-refractivity contribution in [3.05, 3.63) is 0 Å². The third kappa shape index (κ3) is 5.27. The first-order chi connectivity index (χ1) is 13.5. The molecular formula is C14H15F13O3S. The van der Waals surface area contributed by atoms with Crippen molar-refractivity contribution in [2.45, 2.75) is 73.2 Å². The van der Waals surface area contributed by atoms with Crippen LogP contribution in [0.3, 0.4) is 0 Å². The molecule has 0 fully saturated rings. The van der Waals surface area contributed by atoms with E-state index in [0.29, 0.717) is 6.42 Å². The summed E-state index contributed by atoms with van der Waals surface area (Å²) in [4.78, 5) is 11.3. The zero-order chi connectivity index (χ0) is 25.3. The second kappa shape index (κ2) is 9.39. The van der Waals surface area contributed by atoms with Gasteiger partial charge in [0.2, 0.25) is 0 Å². The highest BCUT2D eigenvalue weighted by Crippen LogP contribution is 2.61. The molecule has 0 aliphatic rings. The predicted molar refractivity (Wildman–Crippen MR) is 79.7 cm³/mol. The van der Waals surface area contributed by atoms with Gasteiger partial charge in [0.05, 0.1) is 11.9 Å². The first-order valence-electron chi connectivity index (χ1n) is 8.00. The van der Waals surface area contributed by atoms with Crippen LogP contribution in [0.15, 0.2) is 0 Å². The maximum absolute atomic E-state index is 13.9. The minimum absolute atomic E-state index is 0.0861. The Kier molecular flexibility index (Phi) is 9.05. The lowest BCUT2D eigenvalue weighted by Crippen LogP contribution is -2.71. The van der Waals surface area contributed by atoms with Gasteiger partial charge in [-0.05, 0) is 13.3 Å². The number of unbranched alkanes of at least 4 members (excludes halogenated alkanes) is 1. The van der Waals surface area contributed by atoms with Crippen molar-refractivity contribution in [1.29, 1.82) is 0 Å². The lowest BCUT2D eigenvalue weighted by Gasteiger charge is -2.41. The first kappa shape index (κ1) is 29.9. The molecule has 0 aliphatic heterocycles. The lowest BCUT2D eigenvalue weighted by molar-refractivity contribution is -0.439. The second-order valence-electron chi connectivity index (χ2n) is 6.07. The molecule has 0 heterocycles. The van der Waals surface area contributed by atoms with Crippen LogP contribution in [0.4, 0.5) is 57.1 Å². The van der Waals surface area contributed by atoms with Gasteiger partial charge in [-0.15, -0.1) is 11.8 Å². The quantitative estimate of drug-likeness (QED) is 0.173. The van der Waals surface area contributed by atoms with Gasteiger partial charge in [0.1, 0.15) is 0 Å². The Bertz CT molecular complexity index is 621. The maximum Gasteiger partial charge on any atom is 0.460 e. The Morgan fingerprint density at radius 1 is 0.839 bits per heavy atom. The second-order valence-corrected chi connectivity index (χ2v) is 7.50. The van der Waals surface area contributed by atoms with Gasteiger partial charge < -0.3 is 9.84 Å². The SMILES string of the molecule is CCCCOC(=O)C(O)SC(C)C(F)(F)C(F)(F)C(F)(F)C(F)(F)C(F)(F)C(F)(F)F. The summed E-state index contributed by atoms with van der Waals surface area (Å²) < 4.78 is 174. The van der Waals surface area contributed by atoms with E-state index < -0.39 is 64.2 Å². The molecule has 0 aromatic rings. The third-order valence-corrected chi connectivity index (χ3v) is 4.90. The number of aliphatic hydroxyl groups is 1. The van der Waals surface area contributed by atoms with Crippen molar-refractivity contribution in [2.24, 2.45) is 0 Å². The Labute approximate surface area is 170 Å². The molecule has 186 valence electrons. The number of rotatable bonds is 11. The Morgan fingerprint density at radius 3 is 1.65 bits per heavy atom. The molecule has 2 unspecified atom stereocenters. The molecule has 0 radical (unpaired) electrons. The summed E-state index contributed by atoms with van der Waals surface area (Å²) in [5, 5.41) is 5.96. The summed E-state index contributed by atoms with van der Waals surface area (Å²) in [5.74, 6) is -39.4. The number of thioether (sulfide) groups is 1. The molecule has 0 aromatic carbocycles. The van der Waals surface area contributed by atoms with Gasteiger partial charge in [-0.3, -0.25) is 0 Å². The maximum atomic E-state index is 13.9. The van der Waals surface area contributed by atoms with E-state index in [1.165, 1.54) is 0 Å². The fourth-order valence-corrected chi connectivity index (χ4v) is 2.64. The number of halogens is 13. The Balaban J connectivity index is 5.87. The van der Waals surface area contributed by atoms with Crippen LogP contribution in [-0.2, 0) is 9.53 Å².